The number of aromatic nitrogens is 5. The van der Waals surface area contributed by atoms with E-state index in [9.17, 15) is 0 Å². The monoisotopic (exact) mass is 278 g/mol. The fourth-order valence-electron chi connectivity index (χ4n) is 2.07. The molecule has 102 valence electrons. The average Bonchev–Trinajstić information content (AvgIpc) is 3.17. The maximum absolute atomic E-state index is 4.76. The maximum Gasteiger partial charge on any atom is 0.227 e. The van der Waals surface area contributed by atoms with Crippen molar-refractivity contribution in [1.29, 1.82) is 0 Å². The zero-order chi connectivity index (χ0) is 14.1. The molecule has 4 rings (SSSR count). The number of nitrogens with zero attached hydrogens (tertiary/aromatic N) is 4. The Labute approximate surface area is 119 Å². The number of hydrogen-bond acceptors (Lipinski definition) is 6. The Kier molecular flexibility index (Phi) is 2.60. The summed E-state index contributed by atoms with van der Waals surface area (Å²) in [6.45, 7) is 0. The van der Waals surface area contributed by atoms with E-state index >= 15 is 0 Å². The summed E-state index contributed by atoms with van der Waals surface area (Å²) in [5.74, 6) is 0.484. The van der Waals surface area contributed by atoms with Gasteiger partial charge in [-0.1, -0.05) is 11.2 Å². The molecule has 0 atom stereocenters. The predicted molar refractivity (Wildman–Crippen MR) is 76.9 cm³/mol. The van der Waals surface area contributed by atoms with Crippen molar-refractivity contribution in [3.05, 3.63) is 49.2 Å². The summed E-state index contributed by atoms with van der Waals surface area (Å²) in [7, 11) is 0. The van der Waals surface area contributed by atoms with Crippen molar-refractivity contribution < 1.29 is 4.52 Å². The van der Waals surface area contributed by atoms with Gasteiger partial charge in [-0.2, -0.15) is 0 Å². The van der Waals surface area contributed by atoms with Crippen molar-refractivity contribution in [3.8, 4) is 11.3 Å². The maximum atomic E-state index is 4.76. The average molecular weight is 278 g/mol. The van der Waals surface area contributed by atoms with Gasteiger partial charge in [-0.3, -0.25) is 0 Å². The first kappa shape index (κ1) is 11.6. The standard InChI is InChI=1S/C14H10N6O/c1-2-12-13(17-8-16-12)5-9(1)11-3-4-15-14(20-11)19-10-6-18-21-7-10/h1-8H,(H,16,17)(H,15,19,20). The molecule has 1 aromatic carbocycles. The highest BCUT2D eigenvalue weighted by Crippen LogP contribution is 2.22. The minimum Gasteiger partial charge on any atom is -0.363 e. The lowest BCUT2D eigenvalue weighted by atomic mass is 10.1. The molecule has 0 unspecified atom stereocenters. The van der Waals surface area contributed by atoms with Crippen molar-refractivity contribution in [2.24, 2.45) is 0 Å². The quantitative estimate of drug-likeness (QED) is 0.598. The van der Waals surface area contributed by atoms with Crippen molar-refractivity contribution in [2.45, 2.75) is 0 Å². The summed E-state index contributed by atoms with van der Waals surface area (Å²) in [6, 6.07) is 7.81. The minimum absolute atomic E-state index is 0.484. The van der Waals surface area contributed by atoms with E-state index in [1.165, 1.54) is 6.26 Å². The van der Waals surface area contributed by atoms with Crippen molar-refractivity contribution >= 4 is 22.7 Å². The number of benzene rings is 1. The number of aromatic amines is 1. The Morgan fingerprint density at radius 2 is 2.14 bits per heavy atom. The van der Waals surface area contributed by atoms with E-state index in [-0.39, 0.29) is 0 Å². The van der Waals surface area contributed by atoms with Gasteiger partial charge in [-0.25, -0.2) is 15.0 Å². The first-order chi connectivity index (χ1) is 10.4. The SMILES string of the molecule is c1cc(-c2ccc3[nH]cnc3c2)nc(Nc2cnoc2)n1. The number of anilines is 2. The Balaban J connectivity index is 1.71. The molecule has 0 fully saturated rings. The van der Waals surface area contributed by atoms with Gasteiger partial charge >= 0.3 is 0 Å². The third-order valence-corrected chi connectivity index (χ3v) is 3.06. The lowest BCUT2D eigenvalue weighted by Crippen LogP contribution is -1.96. The molecular weight excluding hydrogens is 268 g/mol. The zero-order valence-corrected chi connectivity index (χ0v) is 10.8. The van der Waals surface area contributed by atoms with Crippen molar-refractivity contribution in [3.63, 3.8) is 0 Å². The molecule has 0 aliphatic heterocycles. The van der Waals surface area contributed by atoms with E-state index in [1.807, 2.05) is 24.3 Å². The number of rotatable bonds is 3. The molecular formula is C14H10N6O. The van der Waals surface area contributed by atoms with Crippen molar-refractivity contribution in [1.82, 2.24) is 25.1 Å². The second-order valence-corrected chi connectivity index (χ2v) is 4.44. The highest BCUT2D eigenvalue weighted by Gasteiger charge is 2.05. The second-order valence-electron chi connectivity index (χ2n) is 4.44. The van der Waals surface area contributed by atoms with Crippen LogP contribution in [0, 0.1) is 0 Å². The lowest BCUT2D eigenvalue weighted by Gasteiger charge is -2.04. The molecule has 0 saturated heterocycles. The first-order valence-corrected chi connectivity index (χ1v) is 6.31. The summed E-state index contributed by atoms with van der Waals surface area (Å²) in [6.07, 6.45) is 6.43. The van der Waals surface area contributed by atoms with E-state index in [1.54, 1.807) is 18.7 Å². The van der Waals surface area contributed by atoms with Gasteiger partial charge in [-0.15, -0.1) is 0 Å². The van der Waals surface area contributed by atoms with E-state index in [0.717, 1.165) is 22.3 Å². The second kappa shape index (κ2) is 4.71. The van der Waals surface area contributed by atoms with Gasteiger partial charge in [0.05, 0.1) is 29.3 Å². The number of fused-ring (bicyclic) bond motifs is 1. The first-order valence-electron chi connectivity index (χ1n) is 6.31. The molecule has 0 bridgehead atoms. The number of nitrogens with one attached hydrogen (secondary N) is 2. The van der Waals surface area contributed by atoms with Crippen molar-refractivity contribution in [2.75, 3.05) is 5.32 Å². The minimum atomic E-state index is 0.484. The normalized spacial score (nSPS) is 10.9. The molecule has 2 N–H and O–H groups in total. The van der Waals surface area contributed by atoms with Gasteiger partial charge < -0.3 is 14.8 Å². The van der Waals surface area contributed by atoms with Crippen LogP contribution in [0.3, 0.4) is 0 Å². The summed E-state index contributed by atoms with van der Waals surface area (Å²) in [4.78, 5) is 16.0. The number of imidazole rings is 1. The van der Waals surface area contributed by atoms with Crippen LogP contribution in [-0.2, 0) is 0 Å². The molecule has 3 aromatic heterocycles. The molecule has 0 spiro atoms. The lowest BCUT2D eigenvalue weighted by molar-refractivity contribution is 0.420. The smallest absolute Gasteiger partial charge is 0.227 e. The van der Waals surface area contributed by atoms with Crippen LogP contribution >= 0.6 is 0 Å². The predicted octanol–water partition coefficient (Wildman–Crippen LogP) is 2.75. The summed E-state index contributed by atoms with van der Waals surface area (Å²) >= 11 is 0. The molecule has 0 amide bonds. The Bertz CT molecular complexity index is 883. The summed E-state index contributed by atoms with van der Waals surface area (Å²) in [5.41, 5.74) is 4.39. The molecule has 0 radical (unpaired) electrons. The van der Waals surface area contributed by atoms with Gasteiger partial charge in [0, 0.05) is 11.8 Å². The van der Waals surface area contributed by atoms with Crippen LogP contribution in [0.5, 0.6) is 0 Å². The van der Waals surface area contributed by atoms with Crippen LogP contribution < -0.4 is 5.32 Å². The molecule has 4 aromatic rings. The van der Waals surface area contributed by atoms with Crippen LogP contribution in [-0.4, -0.2) is 25.1 Å². The van der Waals surface area contributed by atoms with Gasteiger partial charge in [0.2, 0.25) is 5.95 Å². The zero-order valence-electron chi connectivity index (χ0n) is 10.8. The molecule has 21 heavy (non-hydrogen) atoms. The Morgan fingerprint density at radius 3 is 3.05 bits per heavy atom. The highest BCUT2D eigenvalue weighted by molar-refractivity contribution is 5.80. The molecule has 7 heteroatoms. The van der Waals surface area contributed by atoms with E-state index in [0.29, 0.717) is 11.6 Å². The third-order valence-electron chi connectivity index (χ3n) is 3.06. The van der Waals surface area contributed by atoms with Gasteiger partial charge in [-0.05, 0) is 18.2 Å². The molecule has 0 aliphatic rings. The third kappa shape index (κ3) is 2.20. The topological polar surface area (TPSA) is 92.5 Å². The van der Waals surface area contributed by atoms with E-state index in [2.05, 4.69) is 30.4 Å². The largest absolute Gasteiger partial charge is 0.363 e. The van der Waals surface area contributed by atoms with Gasteiger partial charge in [0.25, 0.3) is 0 Å². The van der Waals surface area contributed by atoms with E-state index < -0.39 is 0 Å². The molecule has 3 heterocycles. The van der Waals surface area contributed by atoms with E-state index in [4.69, 9.17) is 4.52 Å². The Morgan fingerprint density at radius 1 is 1.14 bits per heavy atom. The van der Waals surface area contributed by atoms with Crippen LogP contribution in [0.15, 0.2) is 53.8 Å². The molecule has 0 aliphatic carbocycles. The highest BCUT2D eigenvalue weighted by atomic mass is 16.5. The van der Waals surface area contributed by atoms with Crippen LogP contribution in [0.1, 0.15) is 0 Å². The molecule has 7 nitrogen and oxygen atoms in total. The summed E-state index contributed by atoms with van der Waals surface area (Å²) < 4.78 is 4.76. The Hall–Kier alpha value is -3.22. The number of hydrogen-bond donors (Lipinski definition) is 2. The summed E-state index contributed by atoms with van der Waals surface area (Å²) in [5, 5.41) is 6.65. The van der Waals surface area contributed by atoms with Crippen LogP contribution in [0.4, 0.5) is 11.6 Å². The fourth-order valence-corrected chi connectivity index (χ4v) is 2.07. The fraction of sp³-hybridized carbons (Fsp3) is 0. The van der Waals surface area contributed by atoms with Gasteiger partial charge in [0.1, 0.15) is 12.0 Å². The van der Waals surface area contributed by atoms with Crippen LogP contribution in [0.25, 0.3) is 22.3 Å². The van der Waals surface area contributed by atoms with Crippen LogP contribution in [0.2, 0.25) is 0 Å². The van der Waals surface area contributed by atoms with Gasteiger partial charge in [0.15, 0.2) is 0 Å². The number of H-pyrrole nitrogens is 1. The molecule has 0 saturated carbocycles.